The maximum absolute atomic E-state index is 5.64. The Balaban J connectivity index is 0.000000281. The lowest BCUT2D eigenvalue weighted by atomic mass is 9.93. The predicted octanol–water partition coefficient (Wildman–Crippen LogP) is 0.679. The van der Waals surface area contributed by atoms with Gasteiger partial charge in [-0.2, -0.15) is 0 Å². The van der Waals surface area contributed by atoms with Crippen molar-refractivity contribution in [3.05, 3.63) is 0 Å². The molecule has 0 saturated heterocycles. The Labute approximate surface area is 100 Å². The fourth-order valence-corrected chi connectivity index (χ4v) is 1.79. The molecular formula is C12H30N4. The molecule has 4 nitrogen and oxygen atoms in total. The highest BCUT2D eigenvalue weighted by molar-refractivity contribution is 4.75. The lowest BCUT2D eigenvalue weighted by Crippen LogP contribution is -2.33. The molecular weight excluding hydrogens is 200 g/mol. The van der Waals surface area contributed by atoms with Gasteiger partial charge in [0.25, 0.3) is 0 Å². The van der Waals surface area contributed by atoms with Gasteiger partial charge in [0.15, 0.2) is 0 Å². The summed E-state index contributed by atoms with van der Waals surface area (Å²) >= 11 is 0. The van der Waals surface area contributed by atoms with Gasteiger partial charge >= 0.3 is 0 Å². The van der Waals surface area contributed by atoms with E-state index in [2.05, 4.69) is 0 Å². The van der Waals surface area contributed by atoms with Crippen LogP contribution in [0, 0.1) is 0 Å². The molecule has 0 amide bonds. The summed E-state index contributed by atoms with van der Waals surface area (Å²) in [5.74, 6) is 0. The summed E-state index contributed by atoms with van der Waals surface area (Å²) < 4.78 is 0. The zero-order valence-corrected chi connectivity index (χ0v) is 10.5. The van der Waals surface area contributed by atoms with Crippen LogP contribution >= 0.6 is 0 Å². The summed E-state index contributed by atoms with van der Waals surface area (Å²) in [4.78, 5) is 0. The molecule has 0 aromatic heterocycles. The van der Waals surface area contributed by atoms with Gasteiger partial charge in [0, 0.05) is 12.1 Å². The highest BCUT2D eigenvalue weighted by Crippen LogP contribution is 2.14. The van der Waals surface area contributed by atoms with Gasteiger partial charge in [-0.15, -0.1) is 0 Å². The maximum Gasteiger partial charge on any atom is 0.00399 e. The largest absolute Gasteiger partial charge is 0.330 e. The van der Waals surface area contributed by atoms with E-state index in [-0.39, 0.29) is 0 Å². The van der Waals surface area contributed by atoms with E-state index in [0.717, 1.165) is 51.6 Å². The normalized spacial score (nSPS) is 24.8. The van der Waals surface area contributed by atoms with Crippen LogP contribution in [0.2, 0.25) is 0 Å². The van der Waals surface area contributed by atoms with Crippen molar-refractivity contribution in [3.63, 3.8) is 0 Å². The second-order valence-corrected chi connectivity index (χ2v) is 4.67. The fourth-order valence-electron chi connectivity index (χ4n) is 1.79. The third-order valence-corrected chi connectivity index (χ3v) is 2.97. The number of unbranched alkanes of at least 4 members (excludes halogenated alkanes) is 3. The second-order valence-electron chi connectivity index (χ2n) is 4.67. The summed E-state index contributed by atoms with van der Waals surface area (Å²) in [5.41, 5.74) is 21.8. The van der Waals surface area contributed by atoms with Crippen molar-refractivity contribution in [2.75, 3.05) is 13.1 Å². The summed E-state index contributed by atoms with van der Waals surface area (Å²) in [6.07, 6.45) is 9.30. The van der Waals surface area contributed by atoms with Gasteiger partial charge in [-0.1, -0.05) is 12.8 Å². The average molecular weight is 230 g/mol. The fraction of sp³-hybridized carbons (Fsp3) is 1.00. The molecule has 4 heteroatoms. The van der Waals surface area contributed by atoms with Gasteiger partial charge in [0.2, 0.25) is 0 Å². The number of hydrogen-bond donors (Lipinski definition) is 4. The topological polar surface area (TPSA) is 104 Å². The van der Waals surface area contributed by atoms with E-state index >= 15 is 0 Å². The Hall–Kier alpha value is -0.160. The maximum atomic E-state index is 5.64. The van der Waals surface area contributed by atoms with Crippen molar-refractivity contribution in [3.8, 4) is 0 Å². The molecule has 0 bridgehead atoms. The van der Waals surface area contributed by atoms with Gasteiger partial charge in [-0.3, -0.25) is 0 Å². The third kappa shape index (κ3) is 10.4. The highest BCUT2D eigenvalue weighted by Gasteiger charge is 2.13. The van der Waals surface area contributed by atoms with E-state index < -0.39 is 0 Å². The number of hydrogen-bond acceptors (Lipinski definition) is 4. The van der Waals surface area contributed by atoms with Crippen LogP contribution in [0.25, 0.3) is 0 Å². The van der Waals surface area contributed by atoms with Gasteiger partial charge in [0.05, 0.1) is 0 Å². The molecule has 1 fully saturated rings. The van der Waals surface area contributed by atoms with E-state index in [4.69, 9.17) is 22.9 Å². The summed E-state index contributed by atoms with van der Waals surface area (Å²) in [6, 6.07) is 0.879. The molecule has 1 aliphatic rings. The van der Waals surface area contributed by atoms with Crippen molar-refractivity contribution in [1.82, 2.24) is 0 Å². The molecule has 0 aliphatic heterocycles. The lowest BCUT2D eigenvalue weighted by molar-refractivity contribution is 0.395. The minimum absolute atomic E-state index is 0.440. The molecule has 8 N–H and O–H groups in total. The second kappa shape index (κ2) is 11.3. The van der Waals surface area contributed by atoms with Crippen LogP contribution < -0.4 is 22.9 Å². The molecule has 0 aromatic carbocycles. The van der Waals surface area contributed by atoms with E-state index in [0.29, 0.717) is 12.1 Å². The quantitative estimate of drug-likeness (QED) is 0.521. The van der Waals surface area contributed by atoms with Crippen molar-refractivity contribution in [1.29, 1.82) is 0 Å². The third-order valence-electron chi connectivity index (χ3n) is 2.97. The molecule has 0 heterocycles. The molecule has 0 atom stereocenters. The minimum Gasteiger partial charge on any atom is -0.330 e. The van der Waals surface area contributed by atoms with Crippen molar-refractivity contribution >= 4 is 0 Å². The molecule has 0 aromatic rings. The van der Waals surface area contributed by atoms with Crippen LogP contribution in [0.1, 0.15) is 51.4 Å². The first kappa shape index (κ1) is 15.8. The van der Waals surface area contributed by atoms with Gasteiger partial charge < -0.3 is 22.9 Å². The number of rotatable bonds is 5. The van der Waals surface area contributed by atoms with Crippen molar-refractivity contribution in [2.24, 2.45) is 22.9 Å². The Kier molecular flexibility index (Phi) is 11.2. The molecule has 1 saturated carbocycles. The summed E-state index contributed by atoms with van der Waals surface area (Å²) in [7, 11) is 0. The zero-order valence-electron chi connectivity index (χ0n) is 10.5. The smallest absolute Gasteiger partial charge is 0.00399 e. The Morgan fingerprint density at radius 1 is 0.625 bits per heavy atom. The van der Waals surface area contributed by atoms with Crippen LogP contribution in [0.5, 0.6) is 0 Å². The minimum atomic E-state index is 0.440. The molecule has 1 aliphatic carbocycles. The van der Waals surface area contributed by atoms with E-state index in [1.54, 1.807) is 0 Å². The molecule has 0 unspecified atom stereocenters. The van der Waals surface area contributed by atoms with Crippen LogP contribution in [-0.4, -0.2) is 25.2 Å². The number of nitrogens with two attached hydrogens (primary N) is 4. The first-order chi connectivity index (χ1) is 7.70. The average Bonchev–Trinajstić information content (AvgIpc) is 2.30. The molecule has 98 valence electrons. The van der Waals surface area contributed by atoms with Gasteiger partial charge in [0.1, 0.15) is 0 Å². The van der Waals surface area contributed by atoms with Crippen molar-refractivity contribution < 1.29 is 0 Å². The first-order valence-electron chi connectivity index (χ1n) is 6.62. The Morgan fingerprint density at radius 2 is 0.938 bits per heavy atom. The molecule has 16 heavy (non-hydrogen) atoms. The first-order valence-corrected chi connectivity index (χ1v) is 6.62. The standard InChI is InChI=1S/C6H14N2.C6H16N2/c7-5-1-2-6(8)4-3-5;7-5-3-1-2-4-6-8/h5-6H,1-4,7-8H2;1-8H2. The van der Waals surface area contributed by atoms with E-state index in [1.165, 1.54) is 12.8 Å². The van der Waals surface area contributed by atoms with Crippen LogP contribution in [0.15, 0.2) is 0 Å². The summed E-state index contributed by atoms with van der Waals surface area (Å²) in [5, 5.41) is 0. The molecule has 1 rings (SSSR count). The Morgan fingerprint density at radius 3 is 1.19 bits per heavy atom. The van der Waals surface area contributed by atoms with E-state index in [9.17, 15) is 0 Å². The molecule has 0 spiro atoms. The highest BCUT2D eigenvalue weighted by atomic mass is 14.7. The molecule has 0 radical (unpaired) electrons. The monoisotopic (exact) mass is 230 g/mol. The SMILES string of the molecule is NC1CCC(N)CC1.NCCCCCCN. The van der Waals surface area contributed by atoms with Crippen LogP contribution in [0.3, 0.4) is 0 Å². The van der Waals surface area contributed by atoms with Gasteiger partial charge in [-0.25, -0.2) is 0 Å². The predicted molar refractivity (Wildman–Crippen MR) is 71.0 cm³/mol. The zero-order chi connectivity index (χ0) is 12.2. The van der Waals surface area contributed by atoms with Gasteiger partial charge in [-0.05, 0) is 51.6 Å². The van der Waals surface area contributed by atoms with Crippen molar-refractivity contribution in [2.45, 2.75) is 63.5 Å². The lowest BCUT2D eigenvalue weighted by Gasteiger charge is -2.22. The van der Waals surface area contributed by atoms with E-state index in [1.807, 2.05) is 0 Å². The van der Waals surface area contributed by atoms with Crippen LogP contribution in [-0.2, 0) is 0 Å². The summed E-state index contributed by atoms with van der Waals surface area (Å²) in [6.45, 7) is 1.65. The van der Waals surface area contributed by atoms with Crippen LogP contribution in [0.4, 0.5) is 0 Å². The Bertz CT molecular complexity index is 117.